The molecule has 2 rings (SSSR count). The molecule has 0 saturated carbocycles. The molecule has 20 heavy (non-hydrogen) atoms. The average Bonchev–Trinajstić information content (AvgIpc) is 2.73. The van der Waals surface area contributed by atoms with Crippen LogP contribution in [0.3, 0.4) is 0 Å². The molecule has 0 radical (unpaired) electrons. The van der Waals surface area contributed by atoms with Crippen LogP contribution < -0.4 is 0 Å². The standard InChI is InChI=1S/C16H20N2O2/c1-10(2)12-5-6-14-13(9-12)17-15(7-8-16(19)20)18(14)11(3)4/h5-11H,1-4H3,(H,19,20)/b8-7+. The summed E-state index contributed by atoms with van der Waals surface area (Å²) in [4.78, 5) is 15.3. The Bertz CT molecular complexity index is 666. The van der Waals surface area contributed by atoms with Gasteiger partial charge in [0, 0.05) is 12.1 Å². The van der Waals surface area contributed by atoms with Gasteiger partial charge in [0.25, 0.3) is 0 Å². The van der Waals surface area contributed by atoms with E-state index in [0.29, 0.717) is 11.7 Å². The Balaban J connectivity index is 2.62. The lowest BCUT2D eigenvalue weighted by molar-refractivity contribution is -0.131. The second kappa shape index (κ2) is 5.49. The smallest absolute Gasteiger partial charge is 0.328 e. The zero-order chi connectivity index (χ0) is 14.9. The minimum absolute atomic E-state index is 0.221. The lowest BCUT2D eigenvalue weighted by Crippen LogP contribution is -2.03. The fraction of sp³-hybridized carbons (Fsp3) is 0.375. The third-order valence-corrected chi connectivity index (χ3v) is 3.30. The van der Waals surface area contributed by atoms with E-state index in [1.54, 1.807) is 6.08 Å². The number of carboxylic acid groups (broad SMARTS) is 1. The van der Waals surface area contributed by atoms with Gasteiger partial charge in [-0.2, -0.15) is 0 Å². The van der Waals surface area contributed by atoms with Crippen molar-refractivity contribution in [3.05, 3.63) is 35.7 Å². The molecule has 0 amide bonds. The largest absolute Gasteiger partial charge is 0.478 e. The highest BCUT2D eigenvalue weighted by molar-refractivity contribution is 5.86. The second-order valence-electron chi connectivity index (χ2n) is 5.51. The predicted molar refractivity (Wildman–Crippen MR) is 80.9 cm³/mol. The number of imidazole rings is 1. The van der Waals surface area contributed by atoms with Crippen LogP contribution in [-0.2, 0) is 4.79 Å². The summed E-state index contributed by atoms with van der Waals surface area (Å²) in [6.45, 7) is 8.42. The quantitative estimate of drug-likeness (QED) is 0.860. The molecule has 2 aromatic rings. The Morgan fingerprint density at radius 3 is 2.55 bits per heavy atom. The van der Waals surface area contributed by atoms with E-state index in [1.165, 1.54) is 5.56 Å². The molecule has 0 unspecified atom stereocenters. The molecule has 106 valence electrons. The highest BCUT2D eigenvalue weighted by Crippen LogP contribution is 2.25. The number of carboxylic acids is 1. The van der Waals surface area contributed by atoms with Crippen LogP contribution >= 0.6 is 0 Å². The molecule has 4 heteroatoms. The molecule has 0 fully saturated rings. The molecule has 0 aliphatic heterocycles. The minimum Gasteiger partial charge on any atom is -0.478 e. The lowest BCUT2D eigenvalue weighted by atomic mass is 10.0. The van der Waals surface area contributed by atoms with Gasteiger partial charge in [0.15, 0.2) is 0 Å². The van der Waals surface area contributed by atoms with Crippen molar-refractivity contribution in [3.8, 4) is 0 Å². The Morgan fingerprint density at radius 1 is 1.30 bits per heavy atom. The molecule has 0 saturated heterocycles. The maximum absolute atomic E-state index is 10.7. The third-order valence-electron chi connectivity index (χ3n) is 3.30. The van der Waals surface area contributed by atoms with Crippen LogP contribution in [0.4, 0.5) is 0 Å². The summed E-state index contributed by atoms with van der Waals surface area (Å²) >= 11 is 0. The van der Waals surface area contributed by atoms with Crippen molar-refractivity contribution in [2.75, 3.05) is 0 Å². The number of aliphatic carboxylic acids is 1. The van der Waals surface area contributed by atoms with Gasteiger partial charge in [-0.1, -0.05) is 19.9 Å². The van der Waals surface area contributed by atoms with Crippen molar-refractivity contribution < 1.29 is 9.90 Å². The summed E-state index contributed by atoms with van der Waals surface area (Å²) in [6, 6.07) is 6.48. The number of aromatic nitrogens is 2. The highest BCUT2D eigenvalue weighted by atomic mass is 16.4. The zero-order valence-corrected chi connectivity index (χ0v) is 12.3. The molecule has 0 aliphatic carbocycles. The number of carbonyl (C=O) groups is 1. The van der Waals surface area contributed by atoms with Crippen LogP contribution in [0.5, 0.6) is 0 Å². The number of hydrogen-bond donors (Lipinski definition) is 1. The van der Waals surface area contributed by atoms with Crippen LogP contribution in [-0.4, -0.2) is 20.6 Å². The molecular weight excluding hydrogens is 252 g/mol. The van der Waals surface area contributed by atoms with Gasteiger partial charge >= 0.3 is 5.97 Å². The van der Waals surface area contributed by atoms with E-state index in [1.807, 2.05) is 0 Å². The predicted octanol–water partition coefficient (Wildman–Crippen LogP) is 3.84. The molecule has 0 bridgehead atoms. The van der Waals surface area contributed by atoms with Crippen LogP contribution in [0, 0.1) is 0 Å². The normalized spacial score (nSPS) is 12.1. The number of nitrogens with zero attached hydrogens (tertiary/aromatic N) is 2. The number of benzene rings is 1. The molecule has 4 nitrogen and oxygen atoms in total. The first kappa shape index (κ1) is 14.3. The van der Waals surface area contributed by atoms with Gasteiger partial charge in [0.1, 0.15) is 5.82 Å². The number of fused-ring (bicyclic) bond motifs is 1. The van der Waals surface area contributed by atoms with Gasteiger partial charge in [0.2, 0.25) is 0 Å². The molecule has 1 aromatic carbocycles. The van der Waals surface area contributed by atoms with E-state index < -0.39 is 5.97 Å². The average molecular weight is 272 g/mol. The Hall–Kier alpha value is -2.10. The first-order valence-corrected chi connectivity index (χ1v) is 6.83. The monoisotopic (exact) mass is 272 g/mol. The molecule has 0 aliphatic rings. The topological polar surface area (TPSA) is 55.1 Å². The van der Waals surface area contributed by atoms with E-state index in [-0.39, 0.29) is 6.04 Å². The molecule has 0 spiro atoms. The molecule has 0 atom stereocenters. The third kappa shape index (κ3) is 2.74. The second-order valence-corrected chi connectivity index (χ2v) is 5.51. The maximum Gasteiger partial charge on any atom is 0.328 e. The van der Waals surface area contributed by atoms with Crippen molar-refractivity contribution in [1.29, 1.82) is 0 Å². The summed E-state index contributed by atoms with van der Waals surface area (Å²) in [6.07, 6.45) is 2.68. The van der Waals surface area contributed by atoms with Gasteiger partial charge in [-0.3, -0.25) is 0 Å². The summed E-state index contributed by atoms with van der Waals surface area (Å²) in [5, 5.41) is 8.77. The summed E-state index contributed by atoms with van der Waals surface area (Å²) in [7, 11) is 0. The molecule has 1 N–H and O–H groups in total. The number of hydrogen-bond acceptors (Lipinski definition) is 2. The zero-order valence-electron chi connectivity index (χ0n) is 12.3. The van der Waals surface area contributed by atoms with E-state index in [2.05, 4.69) is 55.4 Å². The Labute approximate surface area is 118 Å². The van der Waals surface area contributed by atoms with Crippen molar-refractivity contribution in [3.63, 3.8) is 0 Å². The van der Waals surface area contributed by atoms with Gasteiger partial charge < -0.3 is 9.67 Å². The van der Waals surface area contributed by atoms with E-state index in [9.17, 15) is 4.79 Å². The van der Waals surface area contributed by atoms with Crippen LogP contribution in [0.15, 0.2) is 24.3 Å². The van der Waals surface area contributed by atoms with Crippen molar-refractivity contribution in [2.24, 2.45) is 0 Å². The molecule has 1 aromatic heterocycles. The van der Waals surface area contributed by atoms with E-state index >= 15 is 0 Å². The highest BCUT2D eigenvalue weighted by Gasteiger charge is 2.12. The summed E-state index contributed by atoms with van der Waals surface area (Å²) in [5.74, 6) is 0.162. The summed E-state index contributed by atoms with van der Waals surface area (Å²) in [5.41, 5.74) is 3.18. The molecular formula is C16H20N2O2. The fourth-order valence-corrected chi connectivity index (χ4v) is 2.30. The van der Waals surface area contributed by atoms with Gasteiger partial charge in [-0.05, 0) is 43.5 Å². The van der Waals surface area contributed by atoms with Crippen molar-refractivity contribution >= 4 is 23.1 Å². The van der Waals surface area contributed by atoms with Crippen LogP contribution in [0.25, 0.3) is 17.1 Å². The first-order valence-electron chi connectivity index (χ1n) is 6.83. The van der Waals surface area contributed by atoms with Crippen LogP contribution in [0.1, 0.15) is 51.0 Å². The molecule has 1 heterocycles. The van der Waals surface area contributed by atoms with E-state index in [0.717, 1.165) is 17.1 Å². The van der Waals surface area contributed by atoms with E-state index in [4.69, 9.17) is 5.11 Å². The first-order chi connectivity index (χ1) is 9.40. The van der Waals surface area contributed by atoms with Crippen molar-refractivity contribution in [2.45, 2.75) is 39.7 Å². The van der Waals surface area contributed by atoms with Gasteiger partial charge in [0.05, 0.1) is 11.0 Å². The lowest BCUT2D eigenvalue weighted by Gasteiger charge is -2.11. The fourth-order valence-electron chi connectivity index (χ4n) is 2.30. The van der Waals surface area contributed by atoms with Crippen LogP contribution in [0.2, 0.25) is 0 Å². The Morgan fingerprint density at radius 2 is 2.00 bits per heavy atom. The Kier molecular flexibility index (Phi) is 3.93. The van der Waals surface area contributed by atoms with Gasteiger partial charge in [-0.25, -0.2) is 9.78 Å². The SMILES string of the molecule is CC(C)c1ccc2c(c1)nc(/C=C/C(=O)O)n2C(C)C. The number of rotatable bonds is 4. The van der Waals surface area contributed by atoms with Crippen molar-refractivity contribution in [1.82, 2.24) is 9.55 Å². The summed E-state index contributed by atoms with van der Waals surface area (Å²) < 4.78 is 2.05. The maximum atomic E-state index is 10.7. The van der Waals surface area contributed by atoms with Gasteiger partial charge in [-0.15, -0.1) is 0 Å². The minimum atomic E-state index is -0.963.